The van der Waals surface area contributed by atoms with Gasteiger partial charge in [-0.05, 0) is 31.9 Å². The first-order valence-corrected chi connectivity index (χ1v) is 7.62. The van der Waals surface area contributed by atoms with Crippen LogP contribution in [-0.2, 0) is 39.1 Å². The van der Waals surface area contributed by atoms with Gasteiger partial charge in [-0.3, -0.25) is 4.79 Å². The van der Waals surface area contributed by atoms with Gasteiger partial charge in [0.25, 0.3) is 5.91 Å². The topological polar surface area (TPSA) is 38.3 Å². The summed E-state index contributed by atoms with van der Waals surface area (Å²) in [6.45, 7) is 6.23. The van der Waals surface area contributed by atoms with Gasteiger partial charge >= 0.3 is 32.7 Å². The van der Waals surface area contributed by atoms with Crippen LogP contribution in [0.1, 0.15) is 41.8 Å². The summed E-state index contributed by atoms with van der Waals surface area (Å²) < 4.78 is 6.13. The second-order valence-corrected chi connectivity index (χ2v) is 6.05. The molecule has 2 aromatic carbocycles. The van der Waals surface area contributed by atoms with Crippen LogP contribution >= 0.6 is 0 Å². The molecule has 0 bridgehead atoms. The number of carbonyl (C=O) groups is 1. The third kappa shape index (κ3) is 3.67. The Morgan fingerprint density at radius 2 is 2.13 bits per heavy atom. The summed E-state index contributed by atoms with van der Waals surface area (Å²) in [6, 6.07) is 14.2. The van der Waals surface area contributed by atoms with Gasteiger partial charge in [0.1, 0.15) is 11.4 Å². The standard InChI is InChI=1S/C19H20NO2.Y/c1-4-19(3)12-16-15(11-10-13(2)17(16)22-19)18(21)20-14-8-6-5-7-9-14;/h5-8,10-11H,4,12H2,1-3H3,(H,20,21);/q-1;+3. The molecule has 1 atom stereocenters. The Labute approximate surface area is 162 Å². The normalized spacial score (nSPS) is 18.6. The maximum atomic E-state index is 12.6. The second kappa shape index (κ2) is 7.15. The summed E-state index contributed by atoms with van der Waals surface area (Å²) in [5.74, 6) is 0.761. The minimum absolute atomic E-state index is 0. The van der Waals surface area contributed by atoms with Gasteiger partial charge in [-0.1, -0.05) is 18.7 Å². The molecule has 2 aromatic rings. The van der Waals surface area contributed by atoms with Gasteiger partial charge in [-0.2, -0.15) is 24.3 Å². The van der Waals surface area contributed by atoms with Crippen LogP contribution < -0.4 is 10.1 Å². The van der Waals surface area contributed by atoms with E-state index < -0.39 is 0 Å². The van der Waals surface area contributed by atoms with Crippen LogP contribution in [0.2, 0.25) is 0 Å². The third-order valence-electron chi connectivity index (χ3n) is 4.31. The molecule has 4 heteroatoms. The number of carbonyl (C=O) groups excluding carboxylic acids is 1. The Balaban J connectivity index is 0.00000192. The Morgan fingerprint density at radius 1 is 1.35 bits per heavy atom. The fourth-order valence-electron chi connectivity index (χ4n) is 2.79. The zero-order chi connectivity index (χ0) is 15.7. The number of hydrogen-bond donors (Lipinski definition) is 1. The zero-order valence-electron chi connectivity index (χ0n) is 13.8. The molecule has 1 amide bonds. The molecule has 1 aliphatic heterocycles. The Morgan fingerprint density at radius 3 is 2.78 bits per heavy atom. The van der Waals surface area contributed by atoms with E-state index in [4.69, 9.17) is 4.74 Å². The maximum absolute atomic E-state index is 12.6. The molecular formula is C19H20NO2Y+2. The Hall–Kier alpha value is -1.19. The van der Waals surface area contributed by atoms with Crippen molar-refractivity contribution in [2.24, 2.45) is 0 Å². The van der Waals surface area contributed by atoms with Crippen LogP contribution in [0.4, 0.5) is 5.69 Å². The number of benzene rings is 2. The van der Waals surface area contributed by atoms with E-state index in [2.05, 4.69) is 25.2 Å². The van der Waals surface area contributed by atoms with Gasteiger partial charge in [0.05, 0.1) is 0 Å². The summed E-state index contributed by atoms with van der Waals surface area (Å²) in [5, 5.41) is 2.90. The molecule has 0 aromatic heterocycles. The molecule has 0 fully saturated rings. The minimum atomic E-state index is -0.220. The van der Waals surface area contributed by atoms with E-state index in [1.54, 1.807) is 6.07 Å². The smallest absolute Gasteiger partial charge is 0.487 e. The number of hydrogen-bond acceptors (Lipinski definition) is 2. The van der Waals surface area contributed by atoms with Crippen LogP contribution in [0, 0.1) is 13.0 Å². The van der Waals surface area contributed by atoms with Gasteiger partial charge in [0.2, 0.25) is 0 Å². The molecule has 0 spiro atoms. The number of rotatable bonds is 3. The van der Waals surface area contributed by atoms with Crippen molar-refractivity contribution in [3.05, 3.63) is 59.2 Å². The molecule has 0 radical (unpaired) electrons. The predicted octanol–water partition coefficient (Wildman–Crippen LogP) is 4.15. The van der Waals surface area contributed by atoms with Crippen molar-refractivity contribution in [1.29, 1.82) is 0 Å². The summed E-state index contributed by atoms with van der Waals surface area (Å²) in [7, 11) is 0. The first-order valence-electron chi connectivity index (χ1n) is 7.62. The van der Waals surface area contributed by atoms with E-state index in [0.717, 1.165) is 29.7 Å². The average Bonchev–Trinajstić information content (AvgIpc) is 2.88. The van der Waals surface area contributed by atoms with Crippen LogP contribution in [0.3, 0.4) is 0 Å². The number of ether oxygens (including phenoxy) is 1. The van der Waals surface area contributed by atoms with E-state index in [0.29, 0.717) is 11.3 Å². The number of anilines is 1. The van der Waals surface area contributed by atoms with Gasteiger partial charge in [-0.25, -0.2) is 0 Å². The Kier molecular flexibility index (Phi) is 5.64. The van der Waals surface area contributed by atoms with Crippen molar-refractivity contribution < 1.29 is 42.2 Å². The van der Waals surface area contributed by atoms with Gasteiger partial charge in [0, 0.05) is 17.5 Å². The van der Waals surface area contributed by atoms with Crippen LogP contribution in [0.5, 0.6) is 5.75 Å². The maximum Gasteiger partial charge on any atom is 3.00 e. The summed E-state index contributed by atoms with van der Waals surface area (Å²) in [6.07, 6.45) is 1.68. The van der Waals surface area contributed by atoms with Gasteiger partial charge < -0.3 is 10.1 Å². The van der Waals surface area contributed by atoms with E-state index in [1.165, 1.54) is 0 Å². The van der Waals surface area contributed by atoms with Crippen molar-refractivity contribution in [3.8, 4) is 5.75 Å². The van der Waals surface area contributed by atoms with Crippen molar-refractivity contribution in [3.63, 3.8) is 0 Å². The van der Waals surface area contributed by atoms with Crippen molar-refractivity contribution >= 4 is 11.6 Å². The number of fused-ring (bicyclic) bond motifs is 1. The average molecular weight is 383 g/mol. The molecule has 3 rings (SSSR count). The fourth-order valence-corrected chi connectivity index (χ4v) is 2.79. The van der Waals surface area contributed by atoms with Crippen molar-refractivity contribution in [1.82, 2.24) is 0 Å². The number of nitrogens with one attached hydrogen (secondary N) is 1. The molecular weight excluding hydrogens is 363 g/mol. The molecule has 114 valence electrons. The van der Waals surface area contributed by atoms with Crippen molar-refractivity contribution in [2.45, 2.75) is 39.2 Å². The molecule has 0 saturated carbocycles. The van der Waals surface area contributed by atoms with Crippen LogP contribution in [0.25, 0.3) is 0 Å². The molecule has 23 heavy (non-hydrogen) atoms. The molecule has 0 saturated heterocycles. The molecule has 1 aliphatic rings. The van der Waals surface area contributed by atoms with E-state index in [9.17, 15) is 4.79 Å². The van der Waals surface area contributed by atoms with Crippen molar-refractivity contribution in [2.75, 3.05) is 5.32 Å². The first kappa shape index (κ1) is 18.2. The minimum Gasteiger partial charge on any atom is -0.487 e. The number of aryl methyl sites for hydroxylation is 1. The van der Waals surface area contributed by atoms with Gasteiger partial charge in [0.15, 0.2) is 0 Å². The number of amides is 1. The van der Waals surface area contributed by atoms with Gasteiger partial charge in [-0.15, -0.1) is 6.07 Å². The van der Waals surface area contributed by atoms with Crippen LogP contribution in [0.15, 0.2) is 36.4 Å². The van der Waals surface area contributed by atoms with E-state index in [1.807, 2.05) is 37.3 Å². The molecule has 3 nitrogen and oxygen atoms in total. The Bertz CT molecular complexity index is 715. The number of para-hydroxylation sites is 1. The SMILES string of the molecule is CCC1(C)Cc2c(C(=O)Nc3[c-]cccc3)ccc(C)c2O1.[Y+3]. The molecule has 1 unspecified atom stereocenters. The quantitative estimate of drug-likeness (QED) is 0.809. The molecule has 0 aliphatic carbocycles. The third-order valence-corrected chi connectivity index (χ3v) is 4.31. The summed E-state index contributed by atoms with van der Waals surface area (Å²) >= 11 is 0. The largest absolute Gasteiger partial charge is 3.00 e. The fraction of sp³-hybridized carbons (Fsp3) is 0.316. The van der Waals surface area contributed by atoms with E-state index in [-0.39, 0.29) is 44.2 Å². The molecule has 1 N–H and O–H groups in total. The predicted molar refractivity (Wildman–Crippen MR) is 87.4 cm³/mol. The first-order chi connectivity index (χ1) is 10.5. The van der Waals surface area contributed by atoms with Crippen LogP contribution in [-0.4, -0.2) is 11.5 Å². The van der Waals surface area contributed by atoms with E-state index >= 15 is 0 Å². The summed E-state index contributed by atoms with van der Waals surface area (Å²) in [4.78, 5) is 12.6. The summed E-state index contributed by atoms with van der Waals surface area (Å²) in [5.41, 5.74) is 3.24. The zero-order valence-corrected chi connectivity index (χ0v) is 16.6. The second-order valence-electron chi connectivity index (χ2n) is 6.05. The molecule has 1 heterocycles. The monoisotopic (exact) mass is 383 g/mol.